The molecule has 0 amide bonds. The van der Waals surface area contributed by atoms with Crippen molar-refractivity contribution in [2.75, 3.05) is 26.0 Å². The van der Waals surface area contributed by atoms with E-state index in [-0.39, 0.29) is 5.54 Å². The molecule has 2 rings (SSSR count). The molecule has 0 aliphatic heterocycles. The van der Waals surface area contributed by atoms with Gasteiger partial charge in [-0.25, -0.2) is 4.98 Å². The van der Waals surface area contributed by atoms with Gasteiger partial charge in [-0.3, -0.25) is 0 Å². The molecular weight excluding hydrogens is 236 g/mol. The van der Waals surface area contributed by atoms with Crippen molar-refractivity contribution in [1.82, 2.24) is 14.5 Å². The summed E-state index contributed by atoms with van der Waals surface area (Å²) in [7, 11) is 4.43. The number of aryl methyl sites for hydroxylation is 1. The van der Waals surface area contributed by atoms with Gasteiger partial charge in [-0.05, 0) is 39.8 Å². The fourth-order valence-electron chi connectivity index (χ4n) is 3.33. The number of imidazole rings is 1. The first kappa shape index (κ1) is 14.4. The van der Waals surface area contributed by atoms with Crippen LogP contribution in [0.4, 0.5) is 5.95 Å². The van der Waals surface area contributed by atoms with Crippen LogP contribution in [0.3, 0.4) is 0 Å². The lowest BCUT2D eigenvalue weighted by molar-refractivity contribution is 0.0880. The van der Waals surface area contributed by atoms with E-state index in [9.17, 15) is 0 Å². The predicted octanol–water partition coefficient (Wildman–Crippen LogP) is 2.83. The van der Waals surface area contributed by atoms with Crippen LogP contribution in [0.15, 0.2) is 12.4 Å². The van der Waals surface area contributed by atoms with Gasteiger partial charge in [-0.15, -0.1) is 0 Å². The van der Waals surface area contributed by atoms with Crippen LogP contribution < -0.4 is 5.32 Å². The number of aromatic nitrogens is 2. The predicted molar refractivity (Wildman–Crippen MR) is 80.4 cm³/mol. The van der Waals surface area contributed by atoms with Gasteiger partial charge in [-0.2, -0.15) is 0 Å². The summed E-state index contributed by atoms with van der Waals surface area (Å²) in [5.41, 5.74) is 0.280. The molecule has 4 nitrogen and oxygen atoms in total. The van der Waals surface area contributed by atoms with Crippen LogP contribution in [-0.2, 0) is 6.54 Å². The normalized spacial score (nSPS) is 27.7. The number of nitrogens with zero attached hydrogens (tertiary/aromatic N) is 3. The molecule has 0 aromatic carbocycles. The lowest BCUT2D eigenvalue weighted by Crippen LogP contribution is -2.52. The monoisotopic (exact) mass is 264 g/mol. The summed E-state index contributed by atoms with van der Waals surface area (Å²) in [6, 6.07) is 0. The zero-order chi connectivity index (χ0) is 13.9. The van der Waals surface area contributed by atoms with Crippen molar-refractivity contribution < 1.29 is 0 Å². The molecule has 2 unspecified atom stereocenters. The maximum atomic E-state index is 4.41. The van der Waals surface area contributed by atoms with Crippen LogP contribution in [0, 0.1) is 5.92 Å². The van der Waals surface area contributed by atoms with E-state index in [4.69, 9.17) is 0 Å². The average Bonchev–Trinajstić information content (AvgIpc) is 2.83. The molecule has 4 heteroatoms. The summed E-state index contributed by atoms with van der Waals surface area (Å²) in [4.78, 5) is 6.83. The first-order chi connectivity index (χ1) is 9.07. The van der Waals surface area contributed by atoms with Crippen molar-refractivity contribution in [2.45, 2.75) is 51.6 Å². The molecule has 0 spiro atoms. The van der Waals surface area contributed by atoms with Gasteiger partial charge in [0.25, 0.3) is 0 Å². The van der Waals surface area contributed by atoms with E-state index in [0.717, 1.165) is 25.0 Å². The van der Waals surface area contributed by atoms with Crippen molar-refractivity contribution in [3.63, 3.8) is 0 Å². The molecule has 0 radical (unpaired) electrons. The van der Waals surface area contributed by atoms with E-state index in [1.807, 2.05) is 12.4 Å². The molecule has 1 aromatic heterocycles. The van der Waals surface area contributed by atoms with Gasteiger partial charge < -0.3 is 14.8 Å². The van der Waals surface area contributed by atoms with Crippen molar-refractivity contribution in [3.8, 4) is 0 Å². The number of anilines is 1. The molecule has 1 heterocycles. The van der Waals surface area contributed by atoms with E-state index in [0.29, 0.717) is 0 Å². The topological polar surface area (TPSA) is 33.1 Å². The molecule has 0 bridgehead atoms. The zero-order valence-electron chi connectivity index (χ0n) is 12.8. The summed E-state index contributed by atoms with van der Waals surface area (Å²) >= 11 is 0. The van der Waals surface area contributed by atoms with Crippen molar-refractivity contribution in [2.24, 2.45) is 5.92 Å². The summed E-state index contributed by atoms with van der Waals surface area (Å²) in [5, 5.41) is 3.57. The van der Waals surface area contributed by atoms with Gasteiger partial charge in [0, 0.05) is 31.0 Å². The highest BCUT2D eigenvalue weighted by molar-refractivity contribution is 5.27. The van der Waals surface area contributed by atoms with Crippen LogP contribution >= 0.6 is 0 Å². The molecule has 1 aliphatic rings. The molecule has 108 valence electrons. The molecule has 1 aromatic rings. The Morgan fingerprint density at radius 1 is 1.53 bits per heavy atom. The Morgan fingerprint density at radius 2 is 2.32 bits per heavy atom. The van der Waals surface area contributed by atoms with Crippen LogP contribution in [0.1, 0.15) is 39.5 Å². The third-order valence-electron chi connectivity index (χ3n) is 4.65. The van der Waals surface area contributed by atoms with Crippen LogP contribution in [0.2, 0.25) is 0 Å². The lowest BCUT2D eigenvalue weighted by atomic mass is 9.75. The second-order valence-corrected chi connectivity index (χ2v) is 6.21. The highest BCUT2D eigenvalue weighted by Crippen LogP contribution is 2.35. The Kier molecular flexibility index (Phi) is 4.50. The standard InChI is InChI=1S/C15H28N4/c1-5-19-10-9-16-14(19)17-12-15(18(3)4)8-6-7-13(2)11-15/h9-10,13H,5-8,11-12H2,1-4H3,(H,16,17). The van der Waals surface area contributed by atoms with Gasteiger partial charge in [0.05, 0.1) is 0 Å². The van der Waals surface area contributed by atoms with Gasteiger partial charge in [0.2, 0.25) is 5.95 Å². The van der Waals surface area contributed by atoms with E-state index < -0.39 is 0 Å². The van der Waals surface area contributed by atoms with E-state index in [2.05, 4.69) is 47.7 Å². The number of nitrogens with one attached hydrogen (secondary N) is 1. The highest BCUT2D eigenvalue weighted by atomic mass is 15.2. The van der Waals surface area contributed by atoms with Crippen molar-refractivity contribution in [1.29, 1.82) is 0 Å². The SMILES string of the molecule is CCn1ccnc1NCC1(N(C)C)CCCC(C)C1. The molecule has 2 atom stereocenters. The molecule has 1 fully saturated rings. The molecule has 1 saturated carbocycles. The quantitative estimate of drug-likeness (QED) is 0.888. The number of likely N-dealkylation sites (N-methyl/N-ethyl adjacent to an activating group) is 1. The Hall–Kier alpha value is -1.03. The number of hydrogen-bond donors (Lipinski definition) is 1. The molecule has 1 aliphatic carbocycles. The van der Waals surface area contributed by atoms with Crippen LogP contribution in [0.5, 0.6) is 0 Å². The Bertz CT molecular complexity index is 399. The van der Waals surface area contributed by atoms with Gasteiger partial charge in [-0.1, -0.05) is 19.8 Å². The largest absolute Gasteiger partial charge is 0.354 e. The second kappa shape index (κ2) is 5.95. The van der Waals surface area contributed by atoms with Crippen LogP contribution in [0.25, 0.3) is 0 Å². The van der Waals surface area contributed by atoms with Crippen molar-refractivity contribution in [3.05, 3.63) is 12.4 Å². The first-order valence-corrected chi connectivity index (χ1v) is 7.50. The first-order valence-electron chi connectivity index (χ1n) is 7.50. The molecule has 19 heavy (non-hydrogen) atoms. The van der Waals surface area contributed by atoms with Gasteiger partial charge >= 0.3 is 0 Å². The molecule has 1 N–H and O–H groups in total. The Morgan fingerprint density at radius 3 is 2.95 bits per heavy atom. The molecular formula is C15H28N4. The van der Waals surface area contributed by atoms with E-state index in [1.54, 1.807) is 0 Å². The summed E-state index contributed by atoms with van der Waals surface area (Å²) in [6.07, 6.45) is 9.18. The smallest absolute Gasteiger partial charge is 0.202 e. The fraction of sp³-hybridized carbons (Fsp3) is 0.800. The maximum absolute atomic E-state index is 4.41. The number of rotatable bonds is 5. The van der Waals surface area contributed by atoms with Crippen molar-refractivity contribution >= 4 is 5.95 Å². The van der Waals surface area contributed by atoms with E-state index >= 15 is 0 Å². The summed E-state index contributed by atoms with van der Waals surface area (Å²) < 4.78 is 2.16. The zero-order valence-corrected chi connectivity index (χ0v) is 12.8. The highest BCUT2D eigenvalue weighted by Gasteiger charge is 2.36. The summed E-state index contributed by atoms with van der Waals surface area (Å²) in [5.74, 6) is 1.82. The molecule has 0 saturated heterocycles. The van der Waals surface area contributed by atoms with Crippen LogP contribution in [-0.4, -0.2) is 40.6 Å². The minimum Gasteiger partial charge on any atom is -0.354 e. The average molecular weight is 264 g/mol. The lowest BCUT2D eigenvalue weighted by Gasteiger charge is -2.45. The Balaban J connectivity index is 2.05. The third-order valence-corrected chi connectivity index (χ3v) is 4.65. The van der Waals surface area contributed by atoms with E-state index in [1.165, 1.54) is 25.7 Å². The summed E-state index contributed by atoms with van der Waals surface area (Å²) in [6.45, 7) is 6.48. The third kappa shape index (κ3) is 3.11. The fourth-order valence-corrected chi connectivity index (χ4v) is 3.33. The van der Waals surface area contributed by atoms with Gasteiger partial charge in [0.15, 0.2) is 0 Å². The maximum Gasteiger partial charge on any atom is 0.202 e. The number of hydrogen-bond acceptors (Lipinski definition) is 3. The minimum absolute atomic E-state index is 0.280. The minimum atomic E-state index is 0.280. The Labute approximate surface area is 117 Å². The second-order valence-electron chi connectivity index (χ2n) is 6.21. The van der Waals surface area contributed by atoms with Gasteiger partial charge in [0.1, 0.15) is 0 Å².